The summed E-state index contributed by atoms with van der Waals surface area (Å²) in [5.41, 5.74) is 2.07. The SMILES string of the molecule is CC(c1ccccc1Cl)N1CCN(CC(=O)NCCc2ccc(S(N)(=O)=O)cc2)CC1. The summed E-state index contributed by atoms with van der Waals surface area (Å²) in [5.74, 6) is -0.00578. The molecule has 31 heavy (non-hydrogen) atoms. The molecule has 1 heterocycles. The summed E-state index contributed by atoms with van der Waals surface area (Å²) in [4.78, 5) is 16.9. The number of nitrogens with two attached hydrogens (primary N) is 1. The standard InChI is InChI=1S/C22H29ClN4O3S/c1-17(20-4-2-3-5-21(20)23)27-14-12-26(13-15-27)16-22(28)25-11-10-18-6-8-19(9-7-18)31(24,29)30/h2-9,17H,10-16H2,1H3,(H,25,28)(H2,24,29,30). The Morgan fingerprint density at radius 1 is 1.10 bits per heavy atom. The van der Waals surface area contributed by atoms with Gasteiger partial charge in [-0.25, -0.2) is 13.6 Å². The molecule has 1 saturated heterocycles. The van der Waals surface area contributed by atoms with Crippen molar-refractivity contribution < 1.29 is 13.2 Å². The molecule has 0 aromatic heterocycles. The zero-order valence-electron chi connectivity index (χ0n) is 17.6. The molecule has 1 atom stereocenters. The third kappa shape index (κ3) is 6.75. The molecular weight excluding hydrogens is 436 g/mol. The van der Waals surface area contributed by atoms with Crippen molar-refractivity contribution in [1.29, 1.82) is 0 Å². The number of carbonyl (C=O) groups excluding carboxylic acids is 1. The van der Waals surface area contributed by atoms with Gasteiger partial charge in [-0.3, -0.25) is 14.6 Å². The van der Waals surface area contributed by atoms with Crippen LogP contribution in [0.5, 0.6) is 0 Å². The van der Waals surface area contributed by atoms with E-state index in [4.69, 9.17) is 16.7 Å². The van der Waals surface area contributed by atoms with E-state index in [1.54, 1.807) is 12.1 Å². The summed E-state index contributed by atoms with van der Waals surface area (Å²) >= 11 is 6.33. The van der Waals surface area contributed by atoms with Crippen LogP contribution in [-0.2, 0) is 21.2 Å². The Labute approximate surface area is 189 Å². The Morgan fingerprint density at radius 3 is 2.35 bits per heavy atom. The second-order valence-corrected chi connectivity index (χ2v) is 9.77. The van der Waals surface area contributed by atoms with Crippen LogP contribution in [0.1, 0.15) is 24.1 Å². The van der Waals surface area contributed by atoms with Gasteiger partial charge >= 0.3 is 0 Å². The molecule has 1 unspecified atom stereocenters. The number of primary sulfonamides is 1. The van der Waals surface area contributed by atoms with Crippen LogP contribution in [0.3, 0.4) is 0 Å². The van der Waals surface area contributed by atoms with E-state index in [0.29, 0.717) is 19.5 Å². The number of piperazine rings is 1. The molecule has 0 saturated carbocycles. The molecule has 1 amide bonds. The molecule has 0 radical (unpaired) electrons. The van der Waals surface area contributed by atoms with Gasteiger partial charge in [0, 0.05) is 43.8 Å². The third-order valence-corrected chi connectivity index (χ3v) is 6.94. The van der Waals surface area contributed by atoms with Gasteiger partial charge in [0.1, 0.15) is 0 Å². The maximum absolute atomic E-state index is 12.3. The van der Waals surface area contributed by atoms with Crippen molar-refractivity contribution >= 4 is 27.5 Å². The van der Waals surface area contributed by atoms with E-state index in [9.17, 15) is 13.2 Å². The van der Waals surface area contributed by atoms with E-state index in [0.717, 1.165) is 42.3 Å². The topological polar surface area (TPSA) is 95.7 Å². The second kappa shape index (κ2) is 10.6. The molecule has 7 nitrogen and oxygen atoms in total. The maximum Gasteiger partial charge on any atom is 0.238 e. The summed E-state index contributed by atoms with van der Waals surface area (Å²) in [6.07, 6.45) is 0.625. The average Bonchev–Trinajstić information content (AvgIpc) is 2.74. The number of carbonyl (C=O) groups is 1. The van der Waals surface area contributed by atoms with Gasteiger partial charge in [0.2, 0.25) is 15.9 Å². The van der Waals surface area contributed by atoms with Gasteiger partial charge in [0.25, 0.3) is 0 Å². The largest absolute Gasteiger partial charge is 0.355 e. The van der Waals surface area contributed by atoms with E-state index < -0.39 is 10.0 Å². The van der Waals surface area contributed by atoms with E-state index in [-0.39, 0.29) is 16.8 Å². The van der Waals surface area contributed by atoms with Crippen molar-refractivity contribution in [3.8, 4) is 0 Å². The molecule has 168 valence electrons. The van der Waals surface area contributed by atoms with Crippen LogP contribution in [0, 0.1) is 0 Å². The van der Waals surface area contributed by atoms with E-state index in [2.05, 4.69) is 28.1 Å². The van der Waals surface area contributed by atoms with Gasteiger partial charge in [-0.2, -0.15) is 0 Å². The van der Waals surface area contributed by atoms with Crippen LogP contribution in [-0.4, -0.2) is 63.4 Å². The number of nitrogens with zero attached hydrogens (tertiary/aromatic N) is 2. The molecule has 2 aromatic rings. The number of rotatable bonds is 8. The molecule has 0 bridgehead atoms. The summed E-state index contributed by atoms with van der Waals surface area (Å²) < 4.78 is 22.6. The lowest BCUT2D eigenvalue weighted by Crippen LogP contribution is -2.50. The molecule has 1 aliphatic heterocycles. The molecule has 1 aliphatic rings. The Bertz CT molecular complexity index is 990. The van der Waals surface area contributed by atoms with Crippen LogP contribution in [0.4, 0.5) is 0 Å². The number of hydrogen-bond acceptors (Lipinski definition) is 5. The normalized spacial score (nSPS) is 16.7. The van der Waals surface area contributed by atoms with Gasteiger partial charge in [-0.15, -0.1) is 0 Å². The Morgan fingerprint density at radius 2 is 1.74 bits per heavy atom. The van der Waals surface area contributed by atoms with Crippen molar-refractivity contribution in [3.63, 3.8) is 0 Å². The zero-order valence-corrected chi connectivity index (χ0v) is 19.2. The van der Waals surface area contributed by atoms with Gasteiger partial charge in [0.05, 0.1) is 11.4 Å². The van der Waals surface area contributed by atoms with Crippen LogP contribution in [0.25, 0.3) is 0 Å². The van der Waals surface area contributed by atoms with Crippen LogP contribution in [0.15, 0.2) is 53.4 Å². The molecule has 0 aliphatic carbocycles. The smallest absolute Gasteiger partial charge is 0.238 e. The minimum atomic E-state index is -3.68. The minimum absolute atomic E-state index is 0.00578. The Balaban J connectivity index is 1.39. The Kier molecular flexibility index (Phi) is 8.07. The number of benzene rings is 2. The summed E-state index contributed by atoms with van der Waals surface area (Å²) in [5, 5.41) is 8.82. The number of amides is 1. The average molecular weight is 465 g/mol. The molecule has 3 N–H and O–H groups in total. The molecule has 2 aromatic carbocycles. The van der Waals surface area contributed by atoms with E-state index >= 15 is 0 Å². The molecule has 9 heteroatoms. The highest BCUT2D eigenvalue weighted by Crippen LogP contribution is 2.27. The maximum atomic E-state index is 12.3. The third-order valence-electron chi connectivity index (χ3n) is 5.66. The summed E-state index contributed by atoms with van der Waals surface area (Å²) in [7, 11) is -3.68. The summed E-state index contributed by atoms with van der Waals surface area (Å²) in [6, 6.07) is 14.6. The fourth-order valence-corrected chi connectivity index (χ4v) is 4.58. The van der Waals surface area contributed by atoms with Crippen LogP contribution >= 0.6 is 11.6 Å². The van der Waals surface area contributed by atoms with Crippen LogP contribution in [0.2, 0.25) is 5.02 Å². The minimum Gasteiger partial charge on any atom is -0.355 e. The molecule has 3 rings (SSSR count). The molecular formula is C22H29ClN4O3S. The molecule has 0 spiro atoms. The first-order valence-corrected chi connectivity index (χ1v) is 12.3. The number of nitrogens with one attached hydrogen (secondary N) is 1. The van der Waals surface area contributed by atoms with Crippen molar-refractivity contribution in [1.82, 2.24) is 15.1 Å². The second-order valence-electron chi connectivity index (χ2n) is 7.80. The van der Waals surface area contributed by atoms with Crippen molar-refractivity contribution in [2.45, 2.75) is 24.3 Å². The lowest BCUT2D eigenvalue weighted by molar-refractivity contribution is -0.122. The monoisotopic (exact) mass is 464 g/mol. The van der Waals surface area contributed by atoms with Gasteiger partial charge in [-0.1, -0.05) is 41.9 Å². The Hall–Kier alpha value is -1.97. The van der Waals surface area contributed by atoms with Crippen molar-refractivity contribution in [2.75, 3.05) is 39.3 Å². The van der Waals surface area contributed by atoms with Crippen molar-refractivity contribution in [2.24, 2.45) is 5.14 Å². The highest BCUT2D eigenvalue weighted by molar-refractivity contribution is 7.89. The first-order chi connectivity index (χ1) is 14.7. The lowest BCUT2D eigenvalue weighted by Gasteiger charge is -2.38. The van der Waals surface area contributed by atoms with Gasteiger partial charge in [-0.05, 0) is 42.7 Å². The number of sulfonamides is 1. The summed E-state index contributed by atoms with van der Waals surface area (Å²) in [6.45, 7) is 6.47. The first-order valence-electron chi connectivity index (χ1n) is 10.3. The quantitative estimate of drug-likeness (QED) is 0.623. The lowest BCUT2D eigenvalue weighted by atomic mass is 10.1. The predicted molar refractivity (Wildman–Crippen MR) is 122 cm³/mol. The fourth-order valence-electron chi connectivity index (χ4n) is 3.77. The predicted octanol–water partition coefficient (Wildman–Crippen LogP) is 2.02. The van der Waals surface area contributed by atoms with Gasteiger partial charge < -0.3 is 5.32 Å². The van der Waals surface area contributed by atoms with Gasteiger partial charge in [0.15, 0.2) is 0 Å². The zero-order chi connectivity index (χ0) is 22.4. The van der Waals surface area contributed by atoms with Crippen LogP contribution < -0.4 is 10.5 Å². The highest BCUT2D eigenvalue weighted by atomic mass is 35.5. The van der Waals surface area contributed by atoms with Crippen molar-refractivity contribution in [3.05, 3.63) is 64.7 Å². The highest BCUT2D eigenvalue weighted by Gasteiger charge is 2.24. The van der Waals surface area contributed by atoms with E-state index in [1.165, 1.54) is 12.1 Å². The van der Waals surface area contributed by atoms with E-state index in [1.807, 2.05) is 18.2 Å². The number of hydrogen-bond donors (Lipinski definition) is 2. The number of halogens is 1. The first kappa shape index (κ1) is 23.7. The molecule has 1 fully saturated rings. The fraction of sp³-hybridized carbons (Fsp3) is 0.409.